The third kappa shape index (κ3) is 5.08. The lowest BCUT2D eigenvalue weighted by atomic mass is 9.89. The van der Waals surface area contributed by atoms with Gasteiger partial charge in [-0.2, -0.15) is 0 Å². The molecule has 1 fully saturated rings. The summed E-state index contributed by atoms with van der Waals surface area (Å²) in [5, 5.41) is 13.2. The molecule has 0 spiro atoms. The molecule has 1 aromatic heterocycles. The number of anilines is 3. The zero-order valence-corrected chi connectivity index (χ0v) is 18.5. The van der Waals surface area contributed by atoms with Crippen LogP contribution in [0.3, 0.4) is 0 Å². The number of nitrogens with zero attached hydrogens (tertiary/aromatic N) is 3. The molecule has 3 N–H and O–H groups in total. The normalized spacial score (nSPS) is 14.6. The topological polar surface area (TPSA) is 125 Å². The molecule has 2 aromatic carbocycles. The van der Waals surface area contributed by atoms with Crippen LogP contribution in [0.2, 0.25) is 0 Å². The maximum Gasteiger partial charge on any atom is 0.223 e. The summed E-state index contributed by atoms with van der Waals surface area (Å²) in [6.07, 6.45) is 2.56. The van der Waals surface area contributed by atoms with E-state index in [0.29, 0.717) is 22.6 Å². The van der Waals surface area contributed by atoms with Crippen LogP contribution >= 0.6 is 0 Å². The number of carbonyl (C=O) groups is 1. The number of likely N-dealkylation sites (tertiary alicyclic amines) is 1. The molecule has 0 aliphatic carbocycles. The molecule has 2 heterocycles. The van der Waals surface area contributed by atoms with Crippen molar-refractivity contribution in [2.75, 3.05) is 23.1 Å². The van der Waals surface area contributed by atoms with Crippen LogP contribution in [0.5, 0.6) is 5.75 Å². The van der Waals surface area contributed by atoms with Crippen molar-refractivity contribution in [3.05, 3.63) is 48.0 Å². The van der Waals surface area contributed by atoms with E-state index in [1.807, 2.05) is 17.0 Å². The van der Waals surface area contributed by atoms with Gasteiger partial charge in [0.15, 0.2) is 11.6 Å². The largest absolute Gasteiger partial charge is 0.508 e. The molecular formula is C22H25N5O4S. The lowest BCUT2D eigenvalue weighted by Crippen LogP contribution is -2.37. The first-order chi connectivity index (χ1) is 15.4. The van der Waals surface area contributed by atoms with E-state index in [1.165, 1.54) is 0 Å². The molecule has 1 amide bonds. The molecule has 3 aromatic rings. The smallest absolute Gasteiger partial charge is 0.223 e. The summed E-state index contributed by atoms with van der Waals surface area (Å²) in [4.78, 5) is 22.4. The number of phenolic OH excluding ortho intramolecular Hbond substituents is 1. The number of thiol groups is 1. The number of para-hydroxylation sites is 2. The van der Waals surface area contributed by atoms with Crippen LogP contribution in [0.1, 0.15) is 25.3 Å². The number of rotatable bonds is 6. The Morgan fingerprint density at radius 3 is 2.38 bits per heavy atom. The van der Waals surface area contributed by atoms with E-state index in [0.717, 1.165) is 37.9 Å². The molecule has 0 bridgehead atoms. The van der Waals surface area contributed by atoms with Gasteiger partial charge in [-0.15, -0.1) is 0 Å². The molecule has 9 nitrogen and oxygen atoms in total. The number of fused-ring (bicyclic) bond motifs is 1. The van der Waals surface area contributed by atoms with Crippen molar-refractivity contribution in [2.24, 2.45) is 5.92 Å². The minimum atomic E-state index is -2.93. The van der Waals surface area contributed by atoms with Crippen molar-refractivity contribution in [1.82, 2.24) is 14.9 Å². The number of piperidine rings is 1. The van der Waals surface area contributed by atoms with Crippen LogP contribution < -0.4 is 10.0 Å². The van der Waals surface area contributed by atoms with Crippen LogP contribution in [0, 0.1) is 5.92 Å². The molecule has 168 valence electrons. The number of hydrogen-bond donors (Lipinski definition) is 4. The quantitative estimate of drug-likeness (QED) is 0.421. The average molecular weight is 456 g/mol. The highest BCUT2D eigenvalue weighted by Crippen LogP contribution is 2.32. The summed E-state index contributed by atoms with van der Waals surface area (Å²) in [7, 11) is -2.93. The van der Waals surface area contributed by atoms with E-state index in [4.69, 9.17) is 0 Å². The summed E-state index contributed by atoms with van der Waals surface area (Å²) < 4.78 is 25.0. The van der Waals surface area contributed by atoms with E-state index in [9.17, 15) is 18.3 Å². The number of aromatic hydroxyl groups is 1. The van der Waals surface area contributed by atoms with Crippen LogP contribution in [0.4, 0.5) is 17.3 Å². The predicted octanol–water partition coefficient (Wildman–Crippen LogP) is 2.82. The van der Waals surface area contributed by atoms with Crippen LogP contribution in [-0.2, 0) is 22.1 Å². The lowest BCUT2D eigenvalue weighted by Gasteiger charge is -2.31. The predicted molar refractivity (Wildman–Crippen MR) is 124 cm³/mol. The first-order valence-corrected chi connectivity index (χ1v) is 11.6. The molecule has 0 unspecified atom stereocenters. The Morgan fingerprint density at radius 1 is 1.09 bits per heavy atom. The fourth-order valence-electron chi connectivity index (χ4n) is 4.00. The fourth-order valence-corrected chi connectivity index (χ4v) is 4.33. The molecule has 1 saturated heterocycles. The Morgan fingerprint density at radius 2 is 1.75 bits per heavy atom. The Balaban J connectivity index is 1.62. The summed E-state index contributed by atoms with van der Waals surface area (Å²) >= 11 is 0. The second-order valence-electron chi connectivity index (χ2n) is 7.90. The Labute approximate surface area is 187 Å². The van der Waals surface area contributed by atoms with Gasteiger partial charge in [0.2, 0.25) is 16.8 Å². The van der Waals surface area contributed by atoms with Crippen molar-refractivity contribution in [3.63, 3.8) is 0 Å². The minimum Gasteiger partial charge on any atom is -0.508 e. The number of nitrogens with one attached hydrogen (secondary N) is 2. The summed E-state index contributed by atoms with van der Waals surface area (Å²) in [6.45, 7) is 3.07. The number of hydrogen-bond acceptors (Lipinski definition) is 7. The van der Waals surface area contributed by atoms with Gasteiger partial charge in [0.25, 0.3) is 0 Å². The van der Waals surface area contributed by atoms with Crippen molar-refractivity contribution in [2.45, 2.75) is 26.2 Å². The Bertz CT molecular complexity index is 1210. The molecule has 10 heteroatoms. The number of aromatic nitrogens is 2. The molecule has 32 heavy (non-hydrogen) atoms. The van der Waals surface area contributed by atoms with E-state index >= 15 is 0 Å². The van der Waals surface area contributed by atoms with E-state index < -0.39 is 10.9 Å². The maximum absolute atomic E-state index is 11.6. The van der Waals surface area contributed by atoms with Gasteiger partial charge in [0, 0.05) is 31.8 Å². The number of carbonyl (C=O) groups excluding carboxylic acids is 1. The van der Waals surface area contributed by atoms with Gasteiger partial charge < -0.3 is 15.3 Å². The molecular weight excluding hydrogens is 430 g/mol. The Hall–Kier alpha value is -3.40. The Kier molecular flexibility index (Phi) is 6.40. The van der Waals surface area contributed by atoms with Gasteiger partial charge >= 0.3 is 0 Å². The zero-order chi connectivity index (χ0) is 22.7. The number of benzene rings is 2. The highest BCUT2D eigenvalue weighted by atomic mass is 32.2. The highest BCUT2D eigenvalue weighted by molar-refractivity contribution is 7.73. The second kappa shape index (κ2) is 9.39. The van der Waals surface area contributed by atoms with E-state index in [-0.39, 0.29) is 23.3 Å². The van der Waals surface area contributed by atoms with Gasteiger partial charge in [0.1, 0.15) is 5.75 Å². The van der Waals surface area contributed by atoms with E-state index in [1.54, 1.807) is 37.3 Å². The first-order valence-electron chi connectivity index (χ1n) is 10.4. The molecule has 0 radical (unpaired) electrons. The third-order valence-corrected chi connectivity index (χ3v) is 6.08. The standard InChI is InChI=1S/C22H25N5O4S/c1-14(28)27-10-8-15(9-11-27)12-16-6-7-17(29)13-20(16)25-21-22(26-32(30)31)24-19-5-3-2-4-18(19)23-21/h2-7,13,15,29,32H,8-12H2,1H3,(H,23,25)(H,24,26,30,31). The van der Waals surface area contributed by atoms with Crippen molar-refractivity contribution < 1.29 is 18.3 Å². The minimum absolute atomic E-state index is 0.0841. The van der Waals surface area contributed by atoms with Crippen LogP contribution in [-0.4, -0.2) is 47.4 Å². The number of phenols is 1. The van der Waals surface area contributed by atoms with Gasteiger partial charge in [0.05, 0.1) is 11.0 Å². The van der Waals surface area contributed by atoms with E-state index in [2.05, 4.69) is 20.0 Å². The van der Waals surface area contributed by atoms with Gasteiger partial charge in [-0.3, -0.25) is 9.52 Å². The summed E-state index contributed by atoms with van der Waals surface area (Å²) in [5.41, 5.74) is 2.77. The van der Waals surface area contributed by atoms with Gasteiger partial charge in [-0.25, -0.2) is 18.4 Å². The molecule has 4 rings (SSSR count). The van der Waals surface area contributed by atoms with Crippen LogP contribution in [0.15, 0.2) is 42.5 Å². The summed E-state index contributed by atoms with van der Waals surface area (Å²) in [6, 6.07) is 12.3. The lowest BCUT2D eigenvalue weighted by molar-refractivity contribution is -0.130. The first kappa shape index (κ1) is 21.8. The average Bonchev–Trinajstić information content (AvgIpc) is 2.76. The molecule has 1 aliphatic rings. The number of amides is 1. The maximum atomic E-state index is 11.6. The van der Waals surface area contributed by atoms with Crippen molar-refractivity contribution in [1.29, 1.82) is 0 Å². The van der Waals surface area contributed by atoms with Crippen molar-refractivity contribution in [3.8, 4) is 5.75 Å². The SMILES string of the molecule is CC(=O)N1CCC(Cc2ccc(O)cc2Nc2nc3ccccc3nc2N[SH](=O)=O)CC1. The fraction of sp³-hybridized carbons (Fsp3) is 0.318. The summed E-state index contributed by atoms with van der Waals surface area (Å²) in [5.74, 6) is 0.917. The van der Waals surface area contributed by atoms with Gasteiger partial charge in [-0.1, -0.05) is 18.2 Å². The molecule has 0 saturated carbocycles. The molecule has 0 atom stereocenters. The monoisotopic (exact) mass is 455 g/mol. The zero-order valence-electron chi connectivity index (χ0n) is 17.6. The molecule has 1 aliphatic heterocycles. The van der Waals surface area contributed by atoms with Gasteiger partial charge in [-0.05, 0) is 48.9 Å². The highest BCUT2D eigenvalue weighted by Gasteiger charge is 2.22. The van der Waals surface area contributed by atoms with Crippen LogP contribution in [0.25, 0.3) is 11.0 Å². The van der Waals surface area contributed by atoms with Crippen molar-refractivity contribution >= 4 is 45.2 Å². The third-order valence-electron chi connectivity index (χ3n) is 5.68. The second-order valence-corrected chi connectivity index (χ2v) is 8.64.